The number of unbranched alkanes of at least 4 members (excludes halogenated alkanes) is 3. The molecule has 0 aromatic carbocycles. The van der Waals surface area contributed by atoms with Crippen LogP contribution in [0.1, 0.15) is 39.0 Å². The summed E-state index contributed by atoms with van der Waals surface area (Å²) in [4.78, 5) is 11.4. The van der Waals surface area contributed by atoms with Crippen LogP contribution in [0.2, 0.25) is 4.14 Å². The molecule has 0 bridgehead atoms. The topological polar surface area (TPSA) is 66.8 Å². The van der Waals surface area contributed by atoms with Crippen molar-refractivity contribution in [3.05, 3.63) is 0 Å². The molecule has 0 aliphatic rings. The summed E-state index contributed by atoms with van der Waals surface area (Å²) in [6, 6.07) is 0. The number of rotatable bonds is 9. The summed E-state index contributed by atoms with van der Waals surface area (Å²) >= 11 is 1.46. The van der Waals surface area contributed by atoms with Gasteiger partial charge >= 0.3 is 109 Å². The van der Waals surface area contributed by atoms with Gasteiger partial charge in [0.2, 0.25) is 0 Å². The van der Waals surface area contributed by atoms with Crippen molar-refractivity contribution < 1.29 is 40.8 Å². The van der Waals surface area contributed by atoms with Gasteiger partial charge in [-0.1, -0.05) is 0 Å². The van der Waals surface area contributed by atoms with E-state index in [9.17, 15) is 4.79 Å². The van der Waals surface area contributed by atoms with Crippen LogP contribution in [0, 0.1) is 0 Å². The first-order chi connectivity index (χ1) is 7.61. The Hall–Kier alpha value is 0.130. The molecule has 0 fully saturated rings. The summed E-state index contributed by atoms with van der Waals surface area (Å²) < 4.78 is 4.80. The Bertz CT molecular complexity index is 187. The van der Waals surface area contributed by atoms with E-state index in [1.54, 1.807) is 0 Å². The fourth-order valence-electron chi connectivity index (χ4n) is 1.21. The molecular formula is C11H21NbO4. The van der Waals surface area contributed by atoms with Crippen molar-refractivity contribution in [2.24, 2.45) is 0 Å². The molecular weight excluding hydrogens is 289 g/mol. The Labute approximate surface area is 109 Å². The number of aliphatic hydroxyl groups excluding tert-OH is 2. The first-order valence-corrected chi connectivity index (χ1v) is 7.02. The number of aliphatic hydroxyl groups is 2. The molecule has 0 heterocycles. The Balaban J connectivity index is 3.57. The summed E-state index contributed by atoms with van der Waals surface area (Å²) in [5.74, 6) is -0.266. The zero-order valence-electron chi connectivity index (χ0n) is 9.76. The third kappa shape index (κ3) is 8.30. The van der Waals surface area contributed by atoms with E-state index in [1.807, 2.05) is 0 Å². The summed E-state index contributed by atoms with van der Waals surface area (Å²) in [6.45, 7) is 1.67. The van der Waals surface area contributed by atoms with Crippen LogP contribution in [-0.4, -0.2) is 35.5 Å². The van der Waals surface area contributed by atoms with Gasteiger partial charge < -0.3 is 0 Å². The maximum absolute atomic E-state index is 11.4. The molecule has 5 heteroatoms. The van der Waals surface area contributed by atoms with Gasteiger partial charge in [-0.15, -0.1) is 0 Å². The number of ether oxygens (including phenoxy) is 1. The molecule has 0 aliphatic heterocycles. The SMILES string of the molecule is CCCCCC[CH]([Nb])C(=O)OCC(O)CO. The standard InChI is InChI=1S/C11H21O4.Nb/c1-2-3-4-5-6-7-11(14)15-9-10(13)8-12;/h7,10,12-13H,2-6,8-9H2,1H3;. The van der Waals surface area contributed by atoms with Crippen molar-refractivity contribution in [3.8, 4) is 0 Å². The van der Waals surface area contributed by atoms with E-state index in [2.05, 4.69) is 6.92 Å². The average Bonchev–Trinajstić information content (AvgIpc) is 2.30. The fourth-order valence-corrected chi connectivity index (χ4v) is 1.84. The van der Waals surface area contributed by atoms with Gasteiger partial charge in [-0.25, -0.2) is 0 Å². The molecule has 0 saturated heterocycles. The van der Waals surface area contributed by atoms with Crippen LogP contribution in [0.25, 0.3) is 0 Å². The molecule has 0 spiro atoms. The third-order valence-electron chi connectivity index (χ3n) is 2.23. The number of esters is 1. The van der Waals surface area contributed by atoms with E-state index < -0.39 is 6.10 Å². The number of hydrogen-bond acceptors (Lipinski definition) is 4. The van der Waals surface area contributed by atoms with E-state index in [-0.39, 0.29) is 23.3 Å². The van der Waals surface area contributed by atoms with Gasteiger partial charge in [-0.05, 0) is 0 Å². The van der Waals surface area contributed by atoms with Crippen molar-refractivity contribution in [1.82, 2.24) is 0 Å². The molecule has 2 atom stereocenters. The van der Waals surface area contributed by atoms with Crippen LogP contribution < -0.4 is 0 Å². The van der Waals surface area contributed by atoms with Crippen LogP contribution in [0.4, 0.5) is 0 Å². The Morgan fingerprint density at radius 3 is 2.62 bits per heavy atom. The molecule has 0 aromatic heterocycles. The van der Waals surface area contributed by atoms with E-state index >= 15 is 0 Å². The molecule has 0 aromatic rings. The molecule has 0 rings (SSSR count). The van der Waals surface area contributed by atoms with E-state index in [0.717, 1.165) is 19.3 Å². The quantitative estimate of drug-likeness (QED) is 0.381. The molecule has 0 aliphatic carbocycles. The molecule has 0 amide bonds. The van der Waals surface area contributed by atoms with Gasteiger partial charge in [0.25, 0.3) is 0 Å². The zero-order valence-corrected chi connectivity index (χ0v) is 12.0. The maximum atomic E-state index is 11.4. The van der Waals surface area contributed by atoms with Crippen LogP contribution >= 0.6 is 0 Å². The minimum atomic E-state index is -0.956. The Kier molecular flexibility index (Phi) is 10.4. The van der Waals surface area contributed by atoms with E-state index in [0.29, 0.717) is 0 Å². The van der Waals surface area contributed by atoms with Crippen LogP contribution in [0.5, 0.6) is 0 Å². The number of hydrogen-bond donors (Lipinski definition) is 2. The van der Waals surface area contributed by atoms with Gasteiger partial charge in [0.15, 0.2) is 0 Å². The molecule has 0 radical (unpaired) electrons. The van der Waals surface area contributed by atoms with Gasteiger partial charge in [0, 0.05) is 0 Å². The van der Waals surface area contributed by atoms with Gasteiger partial charge in [-0.2, -0.15) is 0 Å². The monoisotopic (exact) mass is 310 g/mol. The molecule has 2 N–H and O–H groups in total. The average molecular weight is 310 g/mol. The number of carbonyl (C=O) groups excluding carboxylic acids is 1. The zero-order chi connectivity index (χ0) is 12.4. The van der Waals surface area contributed by atoms with Crippen molar-refractivity contribution in [2.75, 3.05) is 13.2 Å². The second-order valence-electron chi connectivity index (χ2n) is 3.83. The van der Waals surface area contributed by atoms with Gasteiger partial charge in [0.1, 0.15) is 0 Å². The molecule has 16 heavy (non-hydrogen) atoms. The van der Waals surface area contributed by atoms with Gasteiger partial charge in [-0.3, -0.25) is 0 Å². The number of carbonyl (C=O) groups is 1. The summed E-state index contributed by atoms with van der Waals surface area (Å²) in [5.41, 5.74) is 0. The van der Waals surface area contributed by atoms with Gasteiger partial charge in [0.05, 0.1) is 0 Å². The summed E-state index contributed by atoms with van der Waals surface area (Å²) in [7, 11) is 0. The predicted molar refractivity (Wildman–Crippen MR) is 56.6 cm³/mol. The molecule has 4 nitrogen and oxygen atoms in total. The molecule has 94 valence electrons. The van der Waals surface area contributed by atoms with Crippen molar-refractivity contribution in [2.45, 2.75) is 49.3 Å². The molecule has 0 saturated carbocycles. The minimum absolute atomic E-state index is 0.0725. The van der Waals surface area contributed by atoms with E-state index in [1.165, 1.54) is 33.9 Å². The third-order valence-corrected chi connectivity index (χ3v) is 3.38. The van der Waals surface area contributed by atoms with E-state index in [4.69, 9.17) is 14.9 Å². The predicted octanol–water partition coefficient (Wildman–Crippen LogP) is 1.19. The Morgan fingerprint density at radius 2 is 2.06 bits per heavy atom. The first kappa shape index (κ1) is 16.1. The second-order valence-corrected chi connectivity index (χ2v) is 5.36. The second kappa shape index (κ2) is 10.3. The van der Waals surface area contributed by atoms with Crippen LogP contribution in [-0.2, 0) is 30.6 Å². The van der Waals surface area contributed by atoms with Crippen molar-refractivity contribution >= 4 is 5.97 Å². The van der Waals surface area contributed by atoms with Crippen LogP contribution in [0.15, 0.2) is 0 Å². The summed E-state index contributed by atoms with van der Waals surface area (Å²) in [5, 5.41) is 17.6. The fraction of sp³-hybridized carbons (Fsp3) is 0.909. The van der Waals surface area contributed by atoms with Crippen molar-refractivity contribution in [3.63, 3.8) is 0 Å². The normalized spacial score (nSPS) is 14.4. The first-order valence-electron chi connectivity index (χ1n) is 5.75. The summed E-state index contributed by atoms with van der Waals surface area (Å²) in [6.07, 6.45) is 4.49. The van der Waals surface area contributed by atoms with Crippen LogP contribution in [0.3, 0.4) is 0 Å². The molecule has 2 unspecified atom stereocenters. The Morgan fingerprint density at radius 1 is 1.38 bits per heavy atom. The van der Waals surface area contributed by atoms with Crippen molar-refractivity contribution in [1.29, 1.82) is 0 Å².